The molecule has 2 heterocycles. The number of allylic oxidation sites excluding steroid dienone is 1. The second-order valence-electron chi connectivity index (χ2n) is 8.87. The van der Waals surface area contributed by atoms with Crippen molar-refractivity contribution in [1.82, 2.24) is 20.4 Å². The van der Waals surface area contributed by atoms with E-state index >= 15 is 0 Å². The van der Waals surface area contributed by atoms with Gasteiger partial charge < -0.3 is 24.2 Å². The van der Waals surface area contributed by atoms with E-state index in [9.17, 15) is 0 Å². The Morgan fingerprint density at radius 2 is 1.77 bits per heavy atom. The lowest BCUT2D eigenvalue weighted by Gasteiger charge is -2.37. The molecule has 3 aromatic rings. The number of methoxy groups -OCH3 is 1. The van der Waals surface area contributed by atoms with Crippen LogP contribution in [0.1, 0.15) is 51.6 Å². The van der Waals surface area contributed by atoms with Gasteiger partial charge in [-0.05, 0) is 80.4 Å². The van der Waals surface area contributed by atoms with Crippen LogP contribution in [0.3, 0.4) is 0 Å². The van der Waals surface area contributed by atoms with E-state index in [1.54, 1.807) is 7.11 Å². The van der Waals surface area contributed by atoms with Crippen molar-refractivity contribution in [2.45, 2.75) is 40.2 Å². The van der Waals surface area contributed by atoms with Crippen LogP contribution in [0.4, 0.5) is 0 Å². The first-order valence-corrected chi connectivity index (χ1v) is 12.3. The number of ether oxygens (including phenoxy) is 2. The molecule has 35 heavy (non-hydrogen) atoms. The van der Waals surface area contributed by atoms with E-state index in [1.807, 2.05) is 55.5 Å². The number of benzene rings is 2. The number of hydrogen-bond donors (Lipinski definition) is 1. The first-order valence-electron chi connectivity index (χ1n) is 11.9. The maximum Gasteiger partial charge on any atom is 0.258 e. The highest BCUT2D eigenvalue weighted by molar-refractivity contribution is 7.80. The SMILES string of the molecule is CCOc1ccc(C2NC(=S)N(CCC(C)C)C(C)=C2c2nc(-c3ccc(OC)cc3)no2)cc1. The first-order chi connectivity index (χ1) is 16.9. The first kappa shape index (κ1) is 24.7. The molecule has 8 heteroatoms. The normalized spacial score (nSPS) is 16.0. The molecule has 2 aromatic carbocycles. The zero-order chi connectivity index (χ0) is 24.9. The fraction of sp³-hybridized carbons (Fsp3) is 0.370. The van der Waals surface area contributed by atoms with Gasteiger partial charge in [0.15, 0.2) is 5.11 Å². The zero-order valence-corrected chi connectivity index (χ0v) is 21.7. The largest absolute Gasteiger partial charge is 0.497 e. The van der Waals surface area contributed by atoms with E-state index in [0.717, 1.165) is 46.9 Å². The van der Waals surface area contributed by atoms with Crippen LogP contribution in [0.15, 0.2) is 58.8 Å². The molecule has 4 rings (SSSR count). The average molecular weight is 493 g/mol. The monoisotopic (exact) mass is 492 g/mol. The van der Waals surface area contributed by atoms with Gasteiger partial charge in [-0.25, -0.2) is 0 Å². The molecule has 0 fully saturated rings. The molecule has 0 saturated heterocycles. The maximum absolute atomic E-state index is 5.82. The van der Waals surface area contributed by atoms with Crippen molar-refractivity contribution >= 4 is 22.9 Å². The van der Waals surface area contributed by atoms with Crippen LogP contribution in [-0.4, -0.2) is 40.4 Å². The van der Waals surface area contributed by atoms with E-state index in [0.29, 0.717) is 29.4 Å². The van der Waals surface area contributed by atoms with Gasteiger partial charge in [0.25, 0.3) is 5.89 Å². The number of hydrogen-bond acceptors (Lipinski definition) is 6. The predicted molar refractivity (Wildman–Crippen MR) is 141 cm³/mol. The third kappa shape index (κ3) is 5.48. The molecule has 0 saturated carbocycles. The Bertz CT molecular complexity index is 1190. The third-order valence-electron chi connectivity index (χ3n) is 6.06. The van der Waals surface area contributed by atoms with Gasteiger partial charge in [-0.1, -0.05) is 31.1 Å². The van der Waals surface area contributed by atoms with Gasteiger partial charge in [-0.2, -0.15) is 4.98 Å². The summed E-state index contributed by atoms with van der Waals surface area (Å²) in [7, 11) is 1.64. The topological polar surface area (TPSA) is 72.7 Å². The summed E-state index contributed by atoms with van der Waals surface area (Å²) in [6, 6.07) is 15.4. The summed E-state index contributed by atoms with van der Waals surface area (Å²) in [6.45, 7) is 9.90. The minimum Gasteiger partial charge on any atom is -0.497 e. The van der Waals surface area contributed by atoms with Gasteiger partial charge in [0, 0.05) is 17.8 Å². The minimum absolute atomic E-state index is 0.224. The lowest BCUT2D eigenvalue weighted by molar-refractivity contribution is 0.340. The average Bonchev–Trinajstić information content (AvgIpc) is 3.34. The standard InChI is InChI=1S/C27H32N4O3S/c1-6-33-22-13-7-19(8-14-22)24-23(18(4)31(27(35)28-24)16-15-17(2)3)26-29-25(30-34-26)20-9-11-21(32-5)12-10-20/h7-14,17,24H,6,15-16H2,1-5H3,(H,28,35). The van der Waals surface area contributed by atoms with Gasteiger partial charge in [-0.15, -0.1) is 0 Å². The molecule has 0 radical (unpaired) electrons. The van der Waals surface area contributed by atoms with Crippen LogP contribution in [-0.2, 0) is 0 Å². The summed E-state index contributed by atoms with van der Waals surface area (Å²) in [5.74, 6) is 3.15. The summed E-state index contributed by atoms with van der Waals surface area (Å²) in [5.41, 5.74) is 3.82. The van der Waals surface area contributed by atoms with Crippen LogP contribution in [0.5, 0.6) is 11.5 Å². The van der Waals surface area contributed by atoms with E-state index < -0.39 is 0 Å². The minimum atomic E-state index is -0.224. The van der Waals surface area contributed by atoms with Crippen molar-refractivity contribution in [3.8, 4) is 22.9 Å². The van der Waals surface area contributed by atoms with Gasteiger partial charge in [0.1, 0.15) is 11.5 Å². The molecule has 1 aliphatic heterocycles. The zero-order valence-electron chi connectivity index (χ0n) is 20.9. The number of aromatic nitrogens is 2. The van der Waals surface area contributed by atoms with Crippen LogP contribution >= 0.6 is 12.2 Å². The van der Waals surface area contributed by atoms with Gasteiger partial charge in [-0.3, -0.25) is 0 Å². The molecule has 1 aromatic heterocycles. The molecule has 0 bridgehead atoms. The lowest BCUT2D eigenvalue weighted by Crippen LogP contribution is -2.46. The Hall–Kier alpha value is -3.39. The quantitative estimate of drug-likeness (QED) is 0.373. The van der Waals surface area contributed by atoms with Crippen LogP contribution in [0.25, 0.3) is 17.0 Å². The Kier molecular flexibility index (Phi) is 7.70. The molecule has 0 amide bonds. The summed E-state index contributed by atoms with van der Waals surface area (Å²) < 4.78 is 16.7. The van der Waals surface area contributed by atoms with Crippen molar-refractivity contribution in [3.05, 3.63) is 65.7 Å². The smallest absolute Gasteiger partial charge is 0.258 e. The molecule has 1 N–H and O–H groups in total. The fourth-order valence-corrected chi connectivity index (χ4v) is 4.42. The summed E-state index contributed by atoms with van der Waals surface area (Å²) >= 11 is 5.79. The third-order valence-corrected chi connectivity index (χ3v) is 6.39. The molecule has 0 spiro atoms. The Morgan fingerprint density at radius 3 is 2.40 bits per heavy atom. The van der Waals surface area contributed by atoms with Crippen LogP contribution in [0.2, 0.25) is 0 Å². The van der Waals surface area contributed by atoms with E-state index in [-0.39, 0.29) is 6.04 Å². The molecule has 1 unspecified atom stereocenters. The van der Waals surface area contributed by atoms with Crippen molar-refractivity contribution in [3.63, 3.8) is 0 Å². The second kappa shape index (κ2) is 10.9. The van der Waals surface area contributed by atoms with Crippen molar-refractivity contribution in [1.29, 1.82) is 0 Å². The van der Waals surface area contributed by atoms with Crippen LogP contribution in [0, 0.1) is 5.92 Å². The molecular formula is C27H32N4O3S. The predicted octanol–water partition coefficient (Wildman–Crippen LogP) is 5.85. The highest BCUT2D eigenvalue weighted by Crippen LogP contribution is 2.38. The molecular weight excluding hydrogens is 460 g/mol. The maximum atomic E-state index is 5.82. The van der Waals surface area contributed by atoms with E-state index in [2.05, 4.69) is 36.1 Å². The Morgan fingerprint density at radius 1 is 1.09 bits per heavy atom. The Balaban J connectivity index is 1.74. The molecule has 1 atom stereocenters. The lowest BCUT2D eigenvalue weighted by atomic mass is 9.94. The number of nitrogens with zero attached hydrogens (tertiary/aromatic N) is 3. The summed E-state index contributed by atoms with van der Waals surface area (Å²) in [6.07, 6.45) is 1.01. The molecule has 184 valence electrons. The van der Waals surface area contributed by atoms with Crippen molar-refractivity contribution in [2.24, 2.45) is 5.92 Å². The number of thiocarbonyl (C=S) groups is 1. The highest BCUT2D eigenvalue weighted by atomic mass is 32.1. The van der Waals surface area contributed by atoms with Crippen LogP contribution < -0.4 is 14.8 Å². The van der Waals surface area contributed by atoms with E-state index in [1.165, 1.54) is 0 Å². The van der Waals surface area contributed by atoms with Crippen molar-refractivity contribution in [2.75, 3.05) is 20.3 Å². The fourth-order valence-electron chi connectivity index (χ4n) is 4.08. The number of rotatable bonds is 9. The number of nitrogens with one attached hydrogen (secondary N) is 1. The van der Waals surface area contributed by atoms with Gasteiger partial charge >= 0.3 is 0 Å². The molecule has 1 aliphatic rings. The van der Waals surface area contributed by atoms with Crippen molar-refractivity contribution < 1.29 is 14.0 Å². The highest BCUT2D eigenvalue weighted by Gasteiger charge is 2.34. The molecule has 0 aliphatic carbocycles. The summed E-state index contributed by atoms with van der Waals surface area (Å²) in [5, 5.41) is 8.49. The molecule has 7 nitrogen and oxygen atoms in total. The van der Waals surface area contributed by atoms with Gasteiger partial charge in [0.05, 0.1) is 25.3 Å². The summed E-state index contributed by atoms with van der Waals surface area (Å²) in [4.78, 5) is 6.91. The van der Waals surface area contributed by atoms with Gasteiger partial charge in [0.2, 0.25) is 5.82 Å². The Labute approximate surface area is 212 Å². The second-order valence-corrected chi connectivity index (χ2v) is 9.26. The van der Waals surface area contributed by atoms with E-state index in [4.69, 9.17) is 31.2 Å².